The summed E-state index contributed by atoms with van der Waals surface area (Å²) < 4.78 is 40.4. The molecule has 5 rings (SSSR count). The zero-order valence-electron chi connectivity index (χ0n) is 14.4. The maximum Gasteiger partial charge on any atom is 0.434 e. The molecule has 1 aliphatic rings. The number of nitrogens with one attached hydrogen (secondary N) is 1. The molecule has 0 radical (unpaired) electrons. The molecule has 144 valence electrons. The van der Waals surface area contributed by atoms with Gasteiger partial charge >= 0.3 is 6.18 Å². The molecule has 1 saturated heterocycles. The van der Waals surface area contributed by atoms with E-state index in [1.54, 1.807) is 6.33 Å². The molecule has 1 fully saturated rings. The maximum absolute atomic E-state index is 13.0. The van der Waals surface area contributed by atoms with E-state index in [0.717, 1.165) is 17.5 Å². The molecule has 4 aromatic heterocycles. The molecule has 12 heteroatoms. The van der Waals surface area contributed by atoms with Gasteiger partial charge in [0.05, 0.1) is 6.33 Å². The van der Waals surface area contributed by atoms with Crippen LogP contribution in [0.5, 0.6) is 0 Å². The maximum atomic E-state index is 13.0. The van der Waals surface area contributed by atoms with E-state index in [1.165, 1.54) is 23.1 Å². The second-order valence-corrected chi connectivity index (χ2v) is 6.38. The average Bonchev–Trinajstić information content (AvgIpc) is 3.34. The lowest BCUT2D eigenvalue weighted by molar-refractivity contribution is -0.140. The summed E-state index contributed by atoms with van der Waals surface area (Å²) in [5.41, 5.74) is 0.625. The van der Waals surface area contributed by atoms with Gasteiger partial charge in [0.15, 0.2) is 28.6 Å². The summed E-state index contributed by atoms with van der Waals surface area (Å²) in [6, 6.07) is 0. The largest absolute Gasteiger partial charge is 0.434 e. The van der Waals surface area contributed by atoms with Crippen LogP contribution < -0.4 is 9.80 Å². The van der Waals surface area contributed by atoms with Gasteiger partial charge in [-0.15, -0.1) is 0 Å². The van der Waals surface area contributed by atoms with Crippen LogP contribution in [-0.4, -0.2) is 60.5 Å². The molecule has 0 amide bonds. The Hall–Kier alpha value is -3.44. The number of imidazole rings is 2. The van der Waals surface area contributed by atoms with Gasteiger partial charge in [-0.1, -0.05) is 0 Å². The van der Waals surface area contributed by atoms with E-state index in [0.29, 0.717) is 37.6 Å². The lowest BCUT2D eigenvalue weighted by atomic mass is 10.3. The van der Waals surface area contributed by atoms with Crippen LogP contribution in [0, 0.1) is 0 Å². The third-order valence-corrected chi connectivity index (χ3v) is 4.73. The number of aromatic nitrogens is 7. The highest BCUT2D eigenvalue weighted by Gasteiger charge is 2.35. The number of hydrogen-bond donors (Lipinski definition) is 1. The standard InChI is InChI=1S/C16H14F3N9/c17-16(18,19)10-7-28-2-1-20-14(15(28)25-10)27-5-3-26(4-6-27)13-11-12(22-8-21-11)23-9-24-13/h1-2,7-9H,3-6H2,(H,21,22,23,24). The molecule has 0 unspecified atom stereocenters. The average molecular weight is 389 g/mol. The Morgan fingerprint density at radius 3 is 2.43 bits per heavy atom. The van der Waals surface area contributed by atoms with Gasteiger partial charge in [0, 0.05) is 44.8 Å². The summed E-state index contributed by atoms with van der Waals surface area (Å²) in [5, 5.41) is 0. The molecular weight excluding hydrogens is 375 g/mol. The second-order valence-electron chi connectivity index (χ2n) is 6.38. The highest BCUT2D eigenvalue weighted by molar-refractivity contribution is 5.82. The Kier molecular flexibility index (Phi) is 3.60. The van der Waals surface area contributed by atoms with Crippen LogP contribution in [0.1, 0.15) is 5.69 Å². The van der Waals surface area contributed by atoms with Gasteiger partial charge in [-0.2, -0.15) is 13.2 Å². The van der Waals surface area contributed by atoms with Crippen LogP contribution in [0.4, 0.5) is 24.8 Å². The topological polar surface area (TPSA) is 91.1 Å². The molecule has 9 nitrogen and oxygen atoms in total. The van der Waals surface area contributed by atoms with Crippen LogP contribution in [0.2, 0.25) is 0 Å². The third kappa shape index (κ3) is 2.68. The number of H-pyrrole nitrogens is 1. The van der Waals surface area contributed by atoms with Gasteiger partial charge in [0.2, 0.25) is 0 Å². The first kappa shape index (κ1) is 16.7. The van der Waals surface area contributed by atoms with Crippen molar-refractivity contribution in [1.82, 2.24) is 34.3 Å². The first-order chi connectivity index (χ1) is 13.5. The number of halogens is 3. The zero-order chi connectivity index (χ0) is 19.3. The summed E-state index contributed by atoms with van der Waals surface area (Å²) in [6.07, 6.45) is 2.47. The summed E-state index contributed by atoms with van der Waals surface area (Å²) in [6.45, 7) is 2.39. The zero-order valence-corrected chi connectivity index (χ0v) is 14.4. The number of piperazine rings is 1. The summed E-state index contributed by atoms with van der Waals surface area (Å²) in [5.74, 6) is 1.19. The molecule has 0 atom stereocenters. The van der Waals surface area contributed by atoms with Crippen LogP contribution in [0.25, 0.3) is 16.8 Å². The van der Waals surface area contributed by atoms with Crippen molar-refractivity contribution in [2.45, 2.75) is 6.18 Å². The van der Waals surface area contributed by atoms with E-state index in [4.69, 9.17) is 0 Å². The number of anilines is 2. The fourth-order valence-corrected chi connectivity index (χ4v) is 3.39. The number of aromatic amines is 1. The van der Waals surface area contributed by atoms with Gasteiger partial charge in [-0.3, -0.25) is 0 Å². The number of alkyl halides is 3. The van der Waals surface area contributed by atoms with Gasteiger partial charge in [-0.25, -0.2) is 24.9 Å². The molecule has 0 bridgehead atoms. The van der Waals surface area contributed by atoms with Crippen molar-refractivity contribution in [3.63, 3.8) is 0 Å². The lowest BCUT2D eigenvalue weighted by Gasteiger charge is -2.36. The number of hydrogen-bond acceptors (Lipinski definition) is 7. The van der Waals surface area contributed by atoms with Crippen molar-refractivity contribution in [3.05, 3.63) is 36.9 Å². The van der Waals surface area contributed by atoms with Crippen LogP contribution in [0.15, 0.2) is 31.2 Å². The molecule has 0 aromatic carbocycles. The Bertz CT molecular complexity index is 1140. The van der Waals surface area contributed by atoms with E-state index in [1.807, 2.05) is 4.90 Å². The normalized spacial score (nSPS) is 15.7. The fourth-order valence-electron chi connectivity index (χ4n) is 3.39. The minimum atomic E-state index is -4.50. The SMILES string of the molecule is FC(F)(F)c1cn2ccnc(N3CCN(c4ncnc5nc[nH]c45)CC3)c2n1. The van der Waals surface area contributed by atoms with Crippen molar-refractivity contribution in [3.8, 4) is 0 Å². The van der Waals surface area contributed by atoms with Crippen LogP contribution in [0.3, 0.4) is 0 Å². The summed E-state index contributed by atoms with van der Waals surface area (Å²) >= 11 is 0. The van der Waals surface area contributed by atoms with E-state index in [2.05, 4.69) is 34.8 Å². The Balaban J connectivity index is 1.41. The Labute approximate surface area is 155 Å². The first-order valence-electron chi connectivity index (χ1n) is 8.55. The molecule has 28 heavy (non-hydrogen) atoms. The number of rotatable bonds is 2. The van der Waals surface area contributed by atoms with E-state index < -0.39 is 11.9 Å². The smallest absolute Gasteiger partial charge is 0.351 e. The van der Waals surface area contributed by atoms with Gasteiger partial charge < -0.3 is 19.2 Å². The minimum absolute atomic E-state index is 0.196. The Morgan fingerprint density at radius 2 is 1.68 bits per heavy atom. The predicted molar refractivity (Wildman–Crippen MR) is 94.1 cm³/mol. The quantitative estimate of drug-likeness (QED) is 0.558. The molecule has 0 spiro atoms. The molecule has 5 heterocycles. The van der Waals surface area contributed by atoms with E-state index >= 15 is 0 Å². The van der Waals surface area contributed by atoms with E-state index in [9.17, 15) is 13.2 Å². The first-order valence-corrected chi connectivity index (χ1v) is 8.55. The summed E-state index contributed by atoms with van der Waals surface area (Å²) in [7, 11) is 0. The predicted octanol–water partition coefficient (Wildman–Crippen LogP) is 1.74. The minimum Gasteiger partial charge on any atom is -0.351 e. The van der Waals surface area contributed by atoms with Crippen molar-refractivity contribution in [2.75, 3.05) is 36.0 Å². The molecular formula is C16H14F3N9. The van der Waals surface area contributed by atoms with Crippen molar-refractivity contribution in [1.29, 1.82) is 0 Å². The number of fused-ring (bicyclic) bond motifs is 2. The molecule has 0 aliphatic carbocycles. The van der Waals surface area contributed by atoms with Gasteiger partial charge in [0.1, 0.15) is 11.8 Å². The van der Waals surface area contributed by atoms with Gasteiger partial charge in [0.25, 0.3) is 0 Å². The van der Waals surface area contributed by atoms with Crippen molar-refractivity contribution in [2.24, 2.45) is 0 Å². The summed E-state index contributed by atoms with van der Waals surface area (Å²) in [4.78, 5) is 27.7. The number of nitrogens with zero attached hydrogens (tertiary/aromatic N) is 8. The highest BCUT2D eigenvalue weighted by Crippen LogP contribution is 2.30. The van der Waals surface area contributed by atoms with Crippen LogP contribution >= 0.6 is 0 Å². The molecule has 4 aromatic rings. The molecule has 0 saturated carbocycles. The van der Waals surface area contributed by atoms with Gasteiger partial charge in [-0.05, 0) is 0 Å². The molecule has 1 aliphatic heterocycles. The van der Waals surface area contributed by atoms with Crippen LogP contribution in [-0.2, 0) is 6.18 Å². The monoisotopic (exact) mass is 389 g/mol. The highest BCUT2D eigenvalue weighted by atomic mass is 19.4. The second kappa shape index (κ2) is 6.04. The van der Waals surface area contributed by atoms with E-state index in [-0.39, 0.29) is 5.65 Å². The van der Waals surface area contributed by atoms with Crippen molar-refractivity contribution < 1.29 is 13.2 Å². The lowest BCUT2D eigenvalue weighted by Crippen LogP contribution is -2.47. The molecule has 1 N–H and O–H groups in total. The van der Waals surface area contributed by atoms with Crippen molar-refractivity contribution >= 4 is 28.4 Å². The fraction of sp³-hybridized carbons (Fsp3) is 0.312. The third-order valence-electron chi connectivity index (χ3n) is 4.73. The Morgan fingerprint density at radius 1 is 0.929 bits per heavy atom.